The maximum Gasteiger partial charge on any atom is 0.254 e. The van der Waals surface area contributed by atoms with E-state index in [0.29, 0.717) is 13.1 Å². The van der Waals surface area contributed by atoms with E-state index >= 15 is 0 Å². The first kappa shape index (κ1) is 15.3. The fourth-order valence-electron chi connectivity index (χ4n) is 2.57. The van der Waals surface area contributed by atoms with E-state index in [1.807, 2.05) is 43.0 Å². The molecule has 1 fully saturated rings. The molecule has 1 amide bonds. The standard InChI is InChI=1S/C15H22N4O2/c1-11-5-3-4-6-13(11)15(20)19-9-7-18(8-10-19)12(2)14(16)17-21/h3-6,12,21H,7-10H2,1-2H3,(H2,16,17). The van der Waals surface area contributed by atoms with E-state index in [2.05, 4.69) is 10.1 Å². The molecule has 6 heteroatoms. The van der Waals surface area contributed by atoms with Gasteiger partial charge in [0, 0.05) is 31.7 Å². The fourth-order valence-corrected chi connectivity index (χ4v) is 2.57. The number of hydrogen-bond donors (Lipinski definition) is 2. The van der Waals surface area contributed by atoms with Gasteiger partial charge in [0.15, 0.2) is 5.84 Å². The van der Waals surface area contributed by atoms with Crippen molar-refractivity contribution in [3.05, 3.63) is 35.4 Å². The molecule has 0 saturated carbocycles. The summed E-state index contributed by atoms with van der Waals surface area (Å²) in [6.07, 6.45) is 0. The normalized spacial score (nSPS) is 18.6. The molecule has 1 aliphatic heterocycles. The second-order valence-electron chi connectivity index (χ2n) is 5.34. The summed E-state index contributed by atoms with van der Waals surface area (Å²) in [5, 5.41) is 11.8. The van der Waals surface area contributed by atoms with E-state index in [9.17, 15) is 4.79 Å². The predicted molar refractivity (Wildman–Crippen MR) is 81.5 cm³/mol. The SMILES string of the molecule is Cc1ccccc1C(=O)N1CCN(C(C)C(N)=NO)CC1. The van der Waals surface area contributed by atoms with Gasteiger partial charge >= 0.3 is 0 Å². The topological polar surface area (TPSA) is 82.2 Å². The van der Waals surface area contributed by atoms with Crippen molar-refractivity contribution in [2.24, 2.45) is 10.9 Å². The maximum atomic E-state index is 12.5. The molecular weight excluding hydrogens is 268 g/mol. The number of amides is 1. The molecule has 0 radical (unpaired) electrons. The average Bonchev–Trinajstić information content (AvgIpc) is 2.53. The third-order valence-corrected chi connectivity index (χ3v) is 4.07. The van der Waals surface area contributed by atoms with Gasteiger partial charge < -0.3 is 15.8 Å². The van der Waals surface area contributed by atoms with E-state index in [1.54, 1.807) is 0 Å². The Labute approximate surface area is 124 Å². The van der Waals surface area contributed by atoms with Crippen LogP contribution in [0.3, 0.4) is 0 Å². The van der Waals surface area contributed by atoms with Crippen molar-refractivity contribution in [3.63, 3.8) is 0 Å². The Kier molecular flexibility index (Phi) is 4.80. The van der Waals surface area contributed by atoms with Crippen molar-refractivity contribution >= 4 is 11.7 Å². The quantitative estimate of drug-likeness (QED) is 0.375. The number of carbonyl (C=O) groups is 1. The lowest BCUT2D eigenvalue weighted by Crippen LogP contribution is -2.54. The van der Waals surface area contributed by atoms with Gasteiger partial charge in [-0.3, -0.25) is 9.69 Å². The highest BCUT2D eigenvalue weighted by Crippen LogP contribution is 2.13. The van der Waals surface area contributed by atoms with Gasteiger partial charge in [-0.1, -0.05) is 23.4 Å². The Bertz CT molecular complexity index is 536. The number of nitrogens with zero attached hydrogens (tertiary/aromatic N) is 3. The average molecular weight is 290 g/mol. The molecular formula is C15H22N4O2. The second kappa shape index (κ2) is 6.58. The fraction of sp³-hybridized carbons (Fsp3) is 0.467. The molecule has 1 saturated heterocycles. The largest absolute Gasteiger partial charge is 0.409 e. The van der Waals surface area contributed by atoms with Crippen LogP contribution >= 0.6 is 0 Å². The Balaban J connectivity index is 1.98. The summed E-state index contributed by atoms with van der Waals surface area (Å²) in [4.78, 5) is 16.5. The van der Waals surface area contributed by atoms with Crippen molar-refractivity contribution in [1.82, 2.24) is 9.80 Å². The summed E-state index contributed by atoms with van der Waals surface area (Å²) in [6.45, 7) is 6.58. The van der Waals surface area contributed by atoms with Crippen LogP contribution in [0.2, 0.25) is 0 Å². The second-order valence-corrected chi connectivity index (χ2v) is 5.34. The number of amidine groups is 1. The summed E-state index contributed by atoms with van der Waals surface area (Å²) < 4.78 is 0. The zero-order valence-corrected chi connectivity index (χ0v) is 12.5. The lowest BCUT2D eigenvalue weighted by atomic mass is 10.1. The highest BCUT2D eigenvalue weighted by molar-refractivity contribution is 5.95. The van der Waals surface area contributed by atoms with Gasteiger partial charge in [0.1, 0.15) is 0 Å². The van der Waals surface area contributed by atoms with Crippen LogP contribution in [-0.4, -0.2) is 59.0 Å². The van der Waals surface area contributed by atoms with Crippen LogP contribution in [0, 0.1) is 6.92 Å². The molecule has 0 aromatic heterocycles. The van der Waals surface area contributed by atoms with E-state index in [4.69, 9.17) is 10.9 Å². The highest BCUT2D eigenvalue weighted by atomic mass is 16.4. The number of oxime groups is 1. The van der Waals surface area contributed by atoms with Gasteiger partial charge in [0.2, 0.25) is 0 Å². The summed E-state index contributed by atoms with van der Waals surface area (Å²) >= 11 is 0. The Morgan fingerprint density at radius 1 is 1.29 bits per heavy atom. The lowest BCUT2D eigenvalue weighted by molar-refractivity contribution is 0.0618. The summed E-state index contributed by atoms with van der Waals surface area (Å²) in [6, 6.07) is 7.51. The zero-order chi connectivity index (χ0) is 15.4. The van der Waals surface area contributed by atoms with Crippen LogP contribution in [0.25, 0.3) is 0 Å². The van der Waals surface area contributed by atoms with E-state index in [-0.39, 0.29) is 17.8 Å². The summed E-state index contributed by atoms with van der Waals surface area (Å²) in [5.74, 6) is 0.276. The number of hydrogen-bond acceptors (Lipinski definition) is 4. The number of benzene rings is 1. The Hall–Kier alpha value is -2.08. The zero-order valence-electron chi connectivity index (χ0n) is 12.5. The first-order valence-corrected chi connectivity index (χ1v) is 7.11. The first-order chi connectivity index (χ1) is 10.0. The van der Waals surface area contributed by atoms with Gasteiger partial charge in [-0.25, -0.2) is 0 Å². The molecule has 114 valence electrons. The number of nitrogens with two attached hydrogens (primary N) is 1. The van der Waals surface area contributed by atoms with Crippen LogP contribution in [0.15, 0.2) is 29.4 Å². The molecule has 3 N–H and O–H groups in total. The van der Waals surface area contributed by atoms with Crippen molar-refractivity contribution in [2.45, 2.75) is 19.9 Å². The lowest BCUT2D eigenvalue weighted by Gasteiger charge is -2.37. The molecule has 1 atom stereocenters. The van der Waals surface area contributed by atoms with Crippen molar-refractivity contribution in [3.8, 4) is 0 Å². The summed E-state index contributed by atoms with van der Waals surface area (Å²) in [5.41, 5.74) is 7.39. The van der Waals surface area contributed by atoms with Gasteiger partial charge in [0.05, 0.1) is 6.04 Å². The van der Waals surface area contributed by atoms with Gasteiger partial charge in [-0.05, 0) is 25.5 Å². The van der Waals surface area contributed by atoms with Crippen molar-refractivity contribution in [1.29, 1.82) is 0 Å². The molecule has 1 aliphatic rings. The third kappa shape index (κ3) is 3.33. The van der Waals surface area contributed by atoms with Gasteiger partial charge in [0.25, 0.3) is 5.91 Å². The van der Waals surface area contributed by atoms with Gasteiger partial charge in [-0.2, -0.15) is 0 Å². The van der Waals surface area contributed by atoms with Crippen LogP contribution in [0.1, 0.15) is 22.8 Å². The molecule has 1 unspecified atom stereocenters. The van der Waals surface area contributed by atoms with Crippen LogP contribution in [-0.2, 0) is 0 Å². The Morgan fingerprint density at radius 3 is 2.48 bits per heavy atom. The number of piperazine rings is 1. The van der Waals surface area contributed by atoms with Crippen LogP contribution in [0.4, 0.5) is 0 Å². The molecule has 1 aromatic rings. The number of aryl methyl sites for hydroxylation is 1. The number of rotatable bonds is 3. The third-order valence-electron chi connectivity index (χ3n) is 4.07. The Morgan fingerprint density at radius 2 is 1.90 bits per heavy atom. The minimum absolute atomic E-state index is 0.0733. The molecule has 0 spiro atoms. The minimum Gasteiger partial charge on any atom is -0.409 e. The molecule has 1 aromatic carbocycles. The van der Waals surface area contributed by atoms with Crippen molar-refractivity contribution < 1.29 is 10.0 Å². The number of carbonyl (C=O) groups excluding carboxylic acids is 1. The summed E-state index contributed by atoms with van der Waals surface area (Å²) in [7, 11) is 0. The van der Waals surface area contributed by atoms with E-state index in [1.165, 1.54) is 0 Å². The minimum atomic E-state index is -0.120. The molecule has 0 aliphatic carbocycles. The maximum absolute atomic E-state index is 12.5. The van der Waals surface area contributed by atoms with E-state index < -0.39 is 0 Å². The van der Waals surface area contributed by atoms with Crippen LogP contribution in [0.5, 0.6) is 0 Å². The van der Waals surface area contributed by atoms with Crippen LogP contribution < -0.4 is 5.73 Å². The smallest absolute Gasteiger partial charge is 0.254 e. The molecule has 1 heterocycles. The predicted octanol–water partition coefficient (Wildman–Crippen LogP) is 0.888. The molecule has 0 bridgehead atoms. The monoisotopic (exact) mass is 290 g/mol. The highest BCUT2D eigenvalue weighted by Gasteiger charge is 2.26. The van der Waals surface area contributed by atoms with E-state index in [0.717, 1.165) is 24.2 Å². The molecule has 2 rings (SSSR count). The van der Waals surface area contributed by atoms with Crippen molar-refractivity contribution in [2.75, 3.05) is 26.2 Å². The van der Waals surface area contributed by atoms with Gasteiger partial charge in [-0.15, -0.1) is 0 Å². The molecule has 21 heavy (non-hydrogen) atoms. The molecule has 6 nitrogen and oxygen atoms in total. The first-order valence-electron chi connectivity index (χ1n) is 7.11.